The van der Waals surface area contributed by atoms with Crippen LogP contribution in [0.5, 0.6) is 0 Å². The van der Waals surface area contributed by atoms with Crippen LogP contribution in [0.1, 0.15) is 91.4 Å². The van der Waals surface area contributed by atoms with E-state index in [1.165, 1.54) is 49.8 Å². The number of likely N-dealkylation sites (N-methyl/N-ethyl adjacent to an activating group) is 1. The van der Waals surface area contributed by atoms with Crippen molar-refractivity contribution >= 4 is 11.7 Å². The molecule has 0 saturated heterocycles. The molecule has 0 radical (unpaired) electrons. The molecular weight excluding hydrogens is 314 g/mol. The first-order chi connectivity index (χ1) is 11.9. The summed E-state index contributed by atoms with van der Waals surface area (Å²) in [5, 5.41) is 9.96. The van der Waals surface area contributed by atoms with Gasteiger partial charge in [-0.2, -0.15) is 0 Å². The molecule has 0 aromatic rings. The summed E-state index contributed by atoms with van der Waals surface area (Å²) in [5.74, 6) is 0.244. The molecule has 0 bridgehead atoms. The summed E-state index contributed by atoms with van der Waals surface area (Å²) in [6, 6.07) is -0.383. The highest BCUT2D eigenvalue weighted by atomic mass is 16.3. The Hall–Kier alpha value is -1.32. The van der Waals surface area contributed by atoms with Crippen molar-refractivity contribution in [3.05, 3.63) is 11.3 Å². The monoisotopic (exact) mass is 351 g/mol. The summed E-state index contributed by atoms with van der Waals surface area (Å²) in [7, 11) is 1.62. The fourth-order valence-electron chi connectivity index (χ4n) is 3.42. The molecule has 2 unspecified atom stereocenters. The van der Waals surface area contributed by atoms with Gasteiger partial charge in [0.05, 0.1) is 6.04 Å². The third-order valence-corrected chi connectivity index (χ3v) is 5.45. The quantitative estimate of drug-likeness (QED) is 0.367. The first-order valence-electron chi connectivity index (χ1n) is 10.1. The van der Waals surface area contributed by atoms with Crippen LogP contribution in [-0.2, 0) is 9.59 Å². The van der Waals surface area contributed by atoms with Gasteiger partial charge < -0.3 is 10.0 Å². The van der Waals surface area contributed by atoms with Crippen LogP contribution >= 0.6 is 0 Å². The summed E-state index contributed by atoms with van der Waals surface area (Å²) in [5.41, 5.74) is 0.0102. The van der Waals surface area contributed by atoms with E-state index in [1.54, 1.807) is 14.0 Å². The lowest BCUT2D eigenvalue weighted by molar-refractivity contribution is -0.128. The Morgan fingerprint density at radius 2 is 1.64 bits per heavy atom. The Balaban J connectivity index is 2.10. The Kier molecular flexibility index (Phi) is 9.84. The minimum atomic E-state index is -0.383. The molecular formula is C21H37NO3. The first-order valence-corrected chi connectivity index (χ1v) is 10.1. The summed E-state index contributed by atoms with van der Waals surface area (Å²) >= 11 is 0. The van der Waals surface area contributed by atoms with Gasteiger partial charge in [-0.3, -0.25) is 9.59 Å². The Labute approximate surface area is 153 Å². The minimum absolute atomic E-state index is 0.0102. The predicted molar refractivity (Wildman–Crippen MR) is 103 cm³/mol. The van der Waals surface area contributed by atoms with Crippen LogP contribution in [-0.4, -0.2) is 34.8 Å². The number of amides is 1. The second kappa shape index (κ2) is 11.3. The second-order valence-corrected chi connectivity index (χ2v) is 7.68. The molecule has 0 aliphatic carbocycles. The van der Waals surface area contributed by atoms with E-state index in [2.05, 4.69) is 13.8 Å². The van der Waals surface area contributed by atoms with Crippen molar-refractivity contribution in [1.82, 2.24) is 4.90 Å². The number of hydrogen-bond acceptors (Lipinski definition) is 3. The molecule has 4 heteroatoms. The second-order valence-electron chi connectivity index (χ2n) is 7.68. The van der Waals surface area contributed by atoms with Gasteiger partial charge in [0, 0.05) is 13.5 Å². The highest BCUT2D eigenvalue weighted by Crippen LogP contribution is 2.24. The van der Waals surface area contributed by atoms with Crippen molar-refractivity contribution in [3.8, 4) is 0 Å². The fraction of sp³-hybridized carbons (Fsp3) is 0.810. The van der Waals surface area contributed by atoms with Gasteiger partial charge in [-0.15, -0.1) is 0 Å². The van der Waals surface area contributed by atoms with Crippen LogP contribution in [0.4, 0.5) is 0 Å². The van der Waals surface area contributed by atoms with E-state index >= 15 is 0 Å². The molecule has 1 rings (SSSR count). The van der Waals surface area contributed by atoms with E-state index in [-0.39, 0.29) is 29.1 Å². The maximum Gasteiger partial charge on any atom is 0.261 e. The van der Waals surface area contributed by atoms with Crippen LogP contribution in [0.15, 0.2) is 11.3 Å². The standard InChI is InChI=1S/C21H37NO3/c1-5-6-13-16(2)14-11-9-7-8-10-12-15-18(23)19-20(24)17(3)22(4)21(19)25/h16-17,24H,5-15H2,1-4H3. The van der Waals surface area contributed by atoms with Crippen LogP contribution < -0.4 is 0 Å². The zero-order chi connectivity index (χ0) is 18.8. The highest BCUT2D eigenvalue weighted by molar-refractivity contribution is 6.21. The molecule has 0 fully saturated rings. The van der Waals surface area contributed by atoms with Crippen LogP contribution in [0.25, 0.3) is 0 Å². The van der Waals surface area contributed by atoms with Gasteiger partial charge >= 0.3 is 0 Å². The molecule has 0 saturated carbocycles. The molecule has 144 valence electrons. The average molecular weight is 352 g/mol. The fourth-order valence-corrected chi connectivity index (χ4v) is 3.42. The minimum Gasteiger partial charge on any atom is -0.509 e. The molecule has 4 nitrogen and oxygen atoms in total. The zero-order valence-electron chi connectivity index (χ0n) is 16.6. The number of ketones is 1. The van der Waals surface area contributed by atoms with E-state index in [4.69, 9.17) is 0 Å². The Morgan fingerprint density at radius 3 is 2.20 bits per heavy atom. The van der Waals surface area contributed by atoms with Gasteiger partial charge in [-0.25, -0.2) is 0 Å². The SMILES string of the molecule is CCCCC(C)CCCCCCCCC(=O)C1=C(O)C(C)N(C)C1=O. The molecule has 2 atom stereocenters. The maximum atomic E-state index is 12.2. The van der Waals surface area contributed by atoms with E-state index in [9.17, 15) is 14.7 Å². The Morgan fingerprint density at radius 1 is 1.08 bits per heavy atom. The number of rotatable bonds is 13. The smallest absolute Gasteiger partial charge is 0.261 e. The lowest BCUT2D eigenvalue weighted by atomic mass is 9.96. The molecule has 0 aromatic carbocycles. The van der Waals surface area contributed by atoms with Crippen molar-refractivity contribution in [2.45, 2.75) is 97.4 Å². The summed E-state index contributed by atoms with van der Waals surface area (Å²) < 4.78 is 0. The van der Waals surface area contributed by atoms with Crippen LogP contribution in [0.3, 0.4) is 0 Å². The number of unbranched alkanes of at least 4 members (excludes halogenated alkanes) is 6. The lowest BCUT2D eigenvalue weighted by Crippen LogP contribution is -2.30. The van der Waals surface area contributed by atoms with E-state index < -0.39 is 0 Å². The Bertz CT molecular complexity index is 470. The summed E-state index contributed by atoms with van der Waals surface area (Å²) in [4.78, 5) is 25.6. The molecule has 1 heterocycles. The van der Waals surface area contributed by atoms with E-state index in [0.717, 1.165) is 25.2 Å². The van der Waals surface area contributed by atoms with Gasteiger partial charge in [0.15, 0.2) is 5.78 Å². The average Bonchev–Trinajstić information content (AvgIpc) is 2.78. The lowest BCUT2D eigenvalue weighted by Gasteiger charge is -2.14. The largest absolute Gasteiger partial charge is 0.509 e. The summed E-state index contributed by atoms with van der Waals surface area (Å²) in [6.45, 7) is 6.33. The van der Waals surface area contributed by atoms with Gasteiger partial charge in [-0.05, 0) is 19.3 Å². The molecule has 0 aromatic heterocycles. The highest BCUT2D eigenvalue weighted by Gasteiger charge is 2.37. The third kappa shape index (κ3) is 6.83. The normalized spacial score (nSPS) is 19.0. The zero-order valence-corrected chi connectivity index (χ0v) is 16.6. The van der Waals surface area contributed by atoms with Crippen molar-refractivity contribution in [2.24, 2.45) is 5.92 Å². The molecule has 1 N–H and O–H groups in total. The van der Waals surface area contributed by atoms with E-state index in [0.29, 0.717) is 6.42 Å². The number of aliphatic hydroxyl groups excluding tert-OH is 1. The van der Waals surface area contributed by atoms with Gasteiger partial charge in [-0.1, -0.05) is 71.6 Å². The van der Waals surface area contributed by atoms with Crippen molar-refractivity contribution in [2.75, 3.05) is 7.05 Å². The third-order valence-electron chi connectivity index (χ3n) is 5.45. The molecule has 25 heavy (non-hydrogen) atoms. The number of nitrogens with zero attached hydrogens (tertiary/aromatic N) is 1. The van der Waals surface area contributed by atoms with E-state index in [1.807, 2.05) is 0 Å². The number of aliphatic hydroxyl groups is 1. The molecule has 1 aliphatic heterocycles. The first kappa shape index (κ1) is 21.7. The molecule has 1 amide bonds. The number of carbonyl (C=O) groups is 2. The maximum absolute atomic E-state index is 12.2. The summed E-state index contributed by atoms with van der Waals surface area (Å²) in [6.07, 6.45) is 12.5. The number of Topliss-reactive ketones (excluding diaryl/α,β-unsaturated/α-hetero) is 1. The van der Waals surface area contributed by atoms with Crippen LogP contribution in [0, 0.1) is 5.92 Å². The topological polar surface area (TPSA) is 57.6 Å². The van der Waals surface area contributed by atoms with Crippen LogP contribution in [0.2, 0.25) is 0 Å². The molecule has 1 aliphatic rings. The van der Waals surface area contributed by atoms with Gasteiger partial charge in [0.1, 0.15) is 11.3 Å². The molecule has 0 spiro atoms. The number of hydrogen-bond donors (Lipinski definition) is 1. The van der Waals surface area contributed by atoms with Crippen molar-refractivity contribution in [1.29, 1.82) is 0 Å². The van der Waals surface area contributed by atoms with Crippen molar-refractivity contribution in [3.63, 3.8) is 0 Å². The van der Waals surface area contributed by atoms with Crippen molar-refractivity contribution < 1.29 is 14.7 Å². The van der Waals surface area contributed by atoms with Gasteiger partial charge in [0.25, 0.3) is 5.91 Å². The van der Waals surface area contributed by atoms with Gasteiger partial charge in [0.2, 0.25) is 0 Å². The predicted octanol–water partition coefficient (Wildman–Crippen LogP) is 5.18. The number of carbonyl (C=O) groups excluding carboxylic acids is 2.